The van der Waals surface area contributed by atoms with Crippen molar-refractivity contribution in [1.29, 1.82) is 0 Å². The Hall–Kier alpha value is -0.830. The molecule has 0 aromatic heterocycles. The molecule has 0 radical (unpaired) electrons. The molecule has 0 bridgehead atoms. The SMILES string of the molecule is CCCCCCCCCCCCCC=C1CC[C@@](C)(CC(=O)O)[C@H]2O[C@@H]12. The van der Waals surface area contributed by atoms with Gasteiger partial charge in [-0.2, -0.15) is 0 Å². The van der Waals surface area contributed by atoms with Gasteiger partial charge in [-0.05, 0) is 31.3 Å². The Labute approximate surface area is 160 Å². The molecule has 1 heterocycles. The van der Waals surface area contributed by atoms with E-state index in [1.54, 1.807) is 0 Å². The van der Waals surface area contributed by atoms with E-state index in [1.165, 1.54) is 76.2 Å². The van der Waals surface area contributed by atoms with Crippen molar-refractivity contribution in [2.75, 3.05) is 0 Å². The minimum Gasteiger partial charge on any atom is -0.481 e. The van der Waals surface area contributed by atoms with Crippen molar-refractivity contribution in [3.05, 3.63) is 11.6 Å². The number of unbranched alkanes of at least 4 members (excludes halogenated alkanes) is 11. The summed E-state index contributed by atoms with van der Waals surface area (Å²) in [4.78, 5) is 11.0. The number of carboxylic acid groups (broad SMARTS) is 1. The lowest BCUT2D eigenvalue weighted by atomic mass is 9.71. The van der Waals surface area contributed by atoms with Crippen LogP contribution in [0.4, 0.5) is 0 Å². The molecule has 3 nitrogen and oxygen atoms in total. The molecule has 3 atom stereocenters. The van der Waals surface area contributed by atoms with Crippen LogP contribution < -0.4 is 0 Å². The van der Waals surface area contributed by atoms with E-state index < -0.39 is 5.97 Å². The van der Waals surface area contributed by atoms with Crippen LogP contribution in [0.3, 0.4) is 0 Å². The number of hydrogen-bond donors (Lipinski definition) is 1. The van der Waals surface area contributed by atoms with Crippen LogP contribution in [-0.2, 0) is 9.53 Å². The minimum atomic E-state index is -0.699. The van der Waals surface area contributed by atoms with Gasteiger partial charge in [-0.3, -0.25) is 4.79 Å². The monoisotopic (exact) mass is 364 g/mol. The highest BCUT2D eigenvalue weighted by molar-refractivity contribution is 5.68. The standard InChI is InChI=1S/C23H40O3/c1-3-4-5-6-7-8-9-10-11-12-13-14-15-19-16-17-23(2,18-20(24)25)22-21(19)26-22/h15,21-22H,3-14,16-18H2,1-2H3,(H,24,25)/t21-,22-,23-/m0/s1. The van der Waals surface area contributed by atoms with Gasteiger partial charge in [0.15, 0.2) is 0 Å². The molecule has 2 fully saturated rings. The summed E-state index contributed by atoms with van der Waals surface area (Å²) in [5, 5.41) is 9.09. The zero-order chi connectivity index (χ0) is 18.8. The maximum absolute atomic E-state index is 11.0. The van der Waals surface area contributed by atoms with E-state index >= 15 is 0 Å². The Morgan fingerprint density at radius 1 is 1.08 bits per heavy atom. The van der Waals surface area contributed by atoms with Crippen molar-refractivity contribution in [3.63, 3.8) is 0 Å². The molecule has 150 valence electrons. The number of hydrogen-bond acceptors (Lipinski definition) is 2. The third-order valence-electron chi connectivity index (χ3n) is 6.30. The Kier molecular flexibility index (Phi) is 9.18. The largest absolute Gasteiger partial charge is 0.481 e. The smallest absolute Gasteiger partial charge is 0.303 e. The van der Waals surface area contributed by atoms with Crippen LogP contribution in [0.5, 0.6) is 0 Å². The first-order valence-electron chi connectivity index (χ1n) is 11.1. The number of fused-ring (bicyclic) bond motifs is 1. The van der Waals surface area contributed by atoms with E-state index in [4.69, 9.17) is 9.84 Å². The molecule has 0 spiro atoms. The van der Waals surface area contributed by atoms with E-state index in [0.29, 0.717) is 0 Å². The average Bonchev–Trinajstić information content (AvgIpc) is 3.39. The second kappa shape index (κ2) is 11.1. The first kappa shape index (κ1) is 21.5. The lowest BCUT2D eigenvalue weighted by molar-refractivity contribution is -0.140. The zero-order valence-electron chi connectivity index (χ0n) is 17.1. The lowest BCUT2D eigenvalue weighted by Crippen LogP contribution is -2.32. The molecule has 0 unspecified atom stereocenters. The van der Waals surface area contributed by atoms with Crippen LogP contribution in [0, 0.1) is 5.41 Å². The predicted molar refractivity (Wildman–Crippen MR) is 107 cm³/mol. The molecule has 1 aliphatic heterocycles. The van der Waals surface area contributed by atoms with Crippen molar-refractivity contribution in [2.45, 2.75) is 122 Å². The third-order valence-corrected chi connectivity index (χ3v) is 6.30. The molecule has 2 rings (SSSR count). The Balaban J connectivity index is 1.48. The van der Waals surface area contributed by atoms with Gasteiger partial charge in [0.1, 0.15) is 6.10 Å². The summed E-state index contributed by atoms with van der Waals surface area (Å²) in [6, 6.07) is 0. The van der Waals surface area contributed by atoms with Crippen LogP contribution in [0.25, 0.3) is 0 Å². The van der Waals surface area contributed by atoms with Gasteiger partial charge < -0.3 is 9.84 Å². The Bertz CT molecular complexity index is 456. The summed E-state index contributed by atoms with van der Waals surface area (Å²) in [5.41, 5.74) is 1.27. The predicted octanol–water partition coefficient (Wildman–Crippen LogP) is 6.66. The fourth-order valence-electron chi connectivity index (χ4n) is 4.49. The number of carbonyl (C=O) groups is 1. The molecule has 0 aromatic carbocycles. The van der Waals surface area contributed by atoms with Crippen molar-refractivity contribution in [2.24, 2.45) is 5.41 Å². The third kappa shape index (κ3) is 7.06. The van der Waals surface area contributed by atoms with E-state index in [2.05, 4.69) is 19.9 Å². The van der Waals surface area contributed by atoms with E-state index in [9.17, 15) is 4.79 Å². The van der Waals surface area contributed by atoms with E-state index in [0.717, 1.165) is 19.3 Å². The molecule has 3 heteroatoms. The van der Waals surface area contributed by atoms with Crippen LogP contribution in [0.15, 0.2) is 11.6 Å². The van der Waals surface area contributed by atoms with Gasteiger partial charge >= 0.3 is 5.97 Å². The normalized spacial score (nSPS) is 28.9. The maximum Gasteiger partial charge on any atom is 0.303 e. The summed E-state index contributed by atoms with van der Waals surface area (Å²) < 4.78 is 5.83. The second-order valence-corrected chi connectivity index (χ2v) is 8.81. The first-order valence-corrected chi connectivity index (χ1v) is 11.1. The van der Waals surface area contributed by atoms with Gasteiger partial charge in [0, 0.05) is 5.41 Å². The van der Waals surface area contributed by atoms with Crippen molar-refractivity contribution < 1.29 is 14.6 Å². The van der Waals surface area contributed by atoms with E-state index in [-0.39, 0.29) is 24.0 Å². The van der Waals surface area contributed by atoms with Gasteiger partial charge in [0.2, 0.25) is 0 Å². The fourth-order valence-corrected chi connectivity index (χ4v) is 4.49. The maximum atomic E-state index is 11.0. The van der Waals surface area contributed by atoms with E-state index in [1.807, 2.05) is 0 Å². The Morgan fingerprint density at radius 2 is 1.65 bits per heavy atom. The van der Waals surface area contributed by atoms with Gasteiger partial charge in [-0.25, -0.2) is 0 Å². The number of carboxylic acids is 1. The Morgan fingerprint density at radius 3 is 2.23 bits per heavy atom. The van der Waals surface area contributed by atoms with Gasteiger partial charge in [-0.1, -0.05) is 84.1 Å². The number of ether oxygens (including phenoxy) is 1. The highest BCUT2D eigenvalue weighted by Crippen LogP contribution is 2.53. The summed E-state index contributed by atoms with van der Waals surface area (Å²) in [7, 11) is 0. The first-order chi connectivity index (χ1) is 12.6. The average molecular weight is 365 g/mol. The number of epoxide rings is 1. The highest BCUT2D eigenvalue weighted by atomic mass is 16.6. The molecule has 1 aliphatic carbocycles. The van der Waals surface area contributed by atoms with Crippen molar-refractivity contribution >= 4 is 5.97 Å². The molecule has 0 amide bonds. The summed E-state index contributed by atoms with van der Waals surface area (Å²) in [5.74, 6) is -0.699. The molecule has 1 saturated heterocycles. The lowest BCUT2D eigenvalue weighted by Gasteiger charge is -2.30. The number of aliphatic carboxylic acids is 1. The van der Waals surface area contributed by atoms with Gasteiger partial charge in [0.05, 0.1) is 12.5 Å². The van der Waals surface area contributed by atoms with Crippen LogP contribution in [0.2, 0.25) is 0 Å². The van der Waals surface area contributed by atoms with Crippen molar-refractivity contribution in [3.8, 4) is 0 Å². The molecule has 1 N–H and O–H groups in total. The minimum absolute atomic E-state index is 0.149. The van der Waals surface area contributed by atoms with Crippen molar-refractivity contribution in [1.82, 2.24) is 0 Å². The second-order valence-electron chi connectivity index (χ2n) is 8.81. The summed E-state index contributed by atoms with van der Waals surface area (Å²) >= 11 is 0. The van der Waals surface area contributed by atoms with Gasteiger partial charge in [0.25, 0.3) is 0 Å². The quantitative estimate of drug-likeness (QED) is 0.213. The molecular formula is C23H40O3. The van der Waals surface area contributed by atoms with Gasteiger partial charge in [-0.15, -0.1) is 0 Å². The van der Waals surface area contributed by atoms with Crippen LogP contribution >= 0.6 is 0 Å². The summed E-state index contributed by atoms with van der Waals surface area (Å²) in [6.45, 7) is 4.35. The highest BCUT2D eigenvalue weighted by Gasteiger charge is 2.56. The van der Waals surface area contributed by atoms with Crippen LogP contribution in [0.1, 0.15) is 110 Å². The topological polar surface area (TPSA) is 49.8 Å². The fraction of sp³-hybridized carbons (Fsp3) is 0.870. The molecule has 26 heavy (non-hydrogen) atoms. The zero-order valence-corrected chi connectivity index (χ0v) is 17.1. The molecular weight excluding hydrogens is 324 g/mol. The number of rotatable bonds is 14. The van der Waals surface area contributed by atoms with Crippen LogP contribution in [-0.4, -0.2) is 23.3 Å². The molecule has 1 saturated carbocycles. The number of allylic oxidation sites excluding steroid dienone is 1. The summed E-state index contributed by atoms with van der Waals surface area (Å²) in [6.07, 6.45) is 21.4. The molecule has 2 aliphatic rings. The molecule has 0 aromatic rings.